The Labute approximate surface area is 174 Å². The largest absolute Gasteiger partial charge is 0.457 e. The van der Waals surface area contributed by atoms with Gasteiger partial charge < -0.3 is 18.6 Å². The lowest BCUT2D eigenvalue weighted by Crippen LogP contribution is -2.13. The number of carbonyl (C=O) groups is 2. The van der Waals surface area contributed by atoms with Crippen LogP contribution in [0.25, 0.3) is 11.0 Å². The Balaban J connectivity index is 1.81. The Morgan fingerprint density at radius 3 is 2.61 bits per heavy atom. The summed E-state index contributed by atoms with van der Waals surface area (Å²) in [6.07, 6.45) is -0.668. The number of alkyl halides is 2. The first-order valence-electron chi connectivity index (χ1n) is 9.09. The van der Waals surface area contributed by atoms with Gasteiger partial charge in [-0.1, -0.05) is 12.1 Å². The maximum atomic E-state index is 12.5. The second-order valence-corrected chi connectivity index (χ2v) is 6.10. The molecule has 3 aromatic rings. The second kappa shape index (κ2) is 9.70. The molecule has 0 spiro atoms. The third kappa shape index (κ3) is 5.56. The van der Waals surface area contributed by atoms with Crippen molar-refractivity contribution in [1.82, 2.24) is 0 Å². The van der Waals surface area contributed by atoms with Crippen molar-refractivity contribution in [2.24, 2.45) is 0 Å². The molecular formula is C21H17F2NO7. The summed E-state index contributed by atoms with van der Waals surface area (Å²) in [4.78, 5) is 35.8. The maximum absolute atomic E-state index is 12.5. The molecule has 0 unspecified atom stereocenters. The highest BCUT2D eigenvalue weighted by atomic mass is 19.3. The highest BCUT2D eigenvalue weighted by Gasteiger charge is 2.17. The van der Waals surface area contributed by atoms with E-state index in [1.807, 2.05) is 0 Å². The number of hydrogen-bond donors (Lipinski definition) is 1. The van der Waals surface area contributed by atoms with Gasteiger partial charge in [-0.3, -0.25) is 5.32 Å². The molecule has 1 N–H and O–H groups in total. The van der Waals surface area contributed by atoms with E-state index in [1.165, 1.54) is 30.3 Å². The van der Waals surface area contributed by atoms with Gasteiger partial charge >= 0.3 is 24.3 Å². The van der Waals surface area contributed by atoms with Gasteiger partial charge in [0, 0.05) is 28.8 Å². The minimum absolute atomic E-state index is 0.147. The summed E-state index contributed by atoms with van der Waals surface area (Å²) in [6.45, 7) is -1.58. The van der Waals surface area contributed by atoms with Gasteiger partial charge in [-0.25, -0.2) is 14.4 Å². The molecule has 0 radical (unpaired) electrons. The van der Waals surface area contributed by atoms with Crippen LogP contribution in [0.3, 0.4) is 0 Å². The van der Waals surface area contributed by atoms with Crippen LogP contribution in [0.5, 0.6) is 5.75 Å². The molecule has 10 heteroatoms. The highest BCUT2D eigenvalue weighted by molar-refractivity contribution is 5.93. The normalized spacial score (nSPS) is 10.7. The number of nitrogens with one attached hydrogen (secondary N) is 1. The quantitative estimate of drug-likeness (QED) is 0.437. The van der Waals surface area contributed by atoms with Crippen LogP contribution < -0.4 is 15.7 Å². The Bertz CT molecular complexity index is 1160. The number of hydrogen-bond acceptors (Lipinski definition) is 7. The fourth-order valence-corrected chi connectivity index (χ4v) is 2.77. The molecule has 0 aliphatic heterocycles. The number of anilines is 1. The summed E-state index contributed by atoms with van der Waals surface area (Å²) in [5.41, 5.74) is -0.0746. The molecule has 0 saturated carbocycles. The molecule has 1 heterocycles. The molecular weight excluding hydrogens is 416 g/mol. The average Bonchev–Trinajstić information content (AvgIpc) is 2.71. The van der Waals surface area contributed by atoms with E-state index < -0.39 is 24.3 Å². The van der Waals surface area contributed by atoms with Gasteiger partial charge in [0.05, 0.1) is 6.61 Å². The average molecular weight is 433 g/mol. The molecule has 1 aromatic heterocycles. The standard InChI is InChI=1S/C21H17F2NO7/c1-2-28-21(27)24-13-7-8-14-12(9-18(25)30-17(14)10-13)11-29-19(26)15-5-3-4-6-16(15)31-20(22)23/h3-10,20H,2,11H2,1H3,(H,24,27). The summed E-state index contributed by atoms with van der Waals surface area (Å²) < 4.78 is 44.5. The van der Waals surface area contributed by atoms with E-state index in [1.54, 1.807) is 19.1 Å². The maximum Gasteiger partial charge on any atom is 0.411 e. The zero-order valence-electron chi connectivity index (χ0n) is 16.2. The van der Waals surface area contributed by atoms with Gasteiger partial charge in [0.25, 0.3) is 0 Å². The predicted molar refractivity (Wildman–Crippen MR) is 105 cm³/mol. The minimum atomic E-state index is -3.10. The fraction of sp³-hybridized carbons (Fsp3) is 0.190. The lowest BCUT2D eigenvalue weighted by Gasteiger charge is -2.11. The number of ether oxygens (including phenoxy) is 3. The van der Waals surface area contributed by atoms with Crippen LogP contribution in [-0.2, 0) is 16.1 Å². The van der Waals surface area contributed by atoms with Crippen molar-refractivity contribution in [3.63, 3.8) is 0 Å². The molecule has 0 atom stereocenters. The molecule has 3 rings (SSSR count). The first-order chi connectivity index (χ1) is 14.9. The number of benzene rings is 2. The van der Waals surface area contributed by atoms with Crippen LogP contribution in [0.4, 0.5) is 19.3 Å². The molecule has 162 valence electrons. The van der Waals surface area contributed by atoms with Crippen molar-refractivity contribution in [3.8, 4) is 5.75 Å². The zero-order chi connectivity index (χ0) is 22.4. The fourth-order valence-electron chi connectivity index (χ4n) is 2.77. The molecule has 2 aromatic carbocycles. The third-order valence-electron chi connectivity index (χ3n) is 4.03. The molecule has 31 heavy (non-hydrogen) atoms. The molecule has 0 bridgehead atoms. The summed E-state index contributed by atoms with van der Waals surface area (Å²) in [5.74, 6) is -1.23. The van der Waals surface area contributed by atoms with Crippen molar-refractivity contribution in [3.05, 3.63) is 70.1 Å². The topological polar surface area (TPSA) is 104 Å². The molecule has 0 aliphatic carbocycles. The SMILES string of the molecule is CCOC(=O)Nc1ccc2c(COC(=O)c3ccccc3OC(F)F)cc(=O)oc2c1. The van der Waals surface area contributed by atoms with E-state index >= 15 is 0 Å². The van der Waals surface area contributed by atoms with Crippen LogP contribution in [0.15, 0.2) is 57.7 Å². The Morgan fingerprint density at radius 1 is 1.10 bits per heavy atom. The third-order valence-corrected chi connectivity index (χ3v) is 4.03. The Kier molecular flexibility index (Phi) is 6.81. The van der Waals surface area contributed by atoms with E-state index in [-0.39, 0.29) is 30.1 Å². The zero-order valence-corrected chi connectivity index (χ0v) is 16.2. The van der Waals surface area contributed by atoms with Gasteiger partial charge in [-0.05, 0) is 31.2 Å². The van der Waals surface area contributed by atoms with Gasteiger partial charge in [-0.15, -0.1) is 0 Å². The van der Waals surface area contributed by atoms with Crippen LogP contribution in [0.1, 0.15) is 22.8 Å². The minimum Gasteiger partial charge on any atom is -0.457 e. The van der Waals surface area contributed by atoms with E-state index in [2.05, 4.69) is 10.1 Å². The van der Waals surface area contributed by atoms with Crippen LogP contribution >= 0.6 is 0 Å². The van der Waals surface area contributed by atoms with E-state index in [9.17, 15) is 23.2 Å². The van der Waals surface area contributed by atoms with Crippen molar-refractivity contribution in [1.29, 1.82) is 0 Å². The number of fused-ring (bicyclic) bond motifs is 1. The molecule has 0 saturated heterocycles. The van der Waals surface area contributed by atoms with Gasteiger partial charge in [0.15, 0.2) is 0 Å². The van der Waals surface area contributed by atoms with Crippen molar-refractivity contribution in [2.45, 2.75) is 20.1 Å². The smallest absolute Gasteiger partial charge is 0.411 e. The molecule has 0 fully saturated rings. The van der Waals surface area contributed by atoms with Crippen molar-refractivity contribution >= 4 is 28.7 Å². The van der Waals surface area contributed by atoms with E-state index in [0.29, 0.717) is 16.6 Å². The second-order valence-electron chi connectivity index (χ2n) is 6.10. The van der Waals surface area contributed by atoms with Gasteiger partial charge in [0.1, 0.15) is 23.5 Å². The first-order valence-corrected chi connectivity index (χ1v) is 9.09. The molecule has 1 amide bonds. The van der Waals surface area contributed by atoms with Gasteiger partial charge in [0.2, 0.25) is 0 Å². The summed E-state index contributed by atoms with van der Waals surface area (Å²) >= 11 is 0. The van der Waals surface area contributed by atoms with Crippen LogP contribution in [-0.4, -0.2) is 25.3 Å². The lowest BCUT2D eigenvalue weighted by atomic mass is 10.1. The highest BCUT2D eigenvalue weighted by Crippen LogP contribution is 2.24. The number of carbonyl (C=O) groups excluding carboxylic acids is 2. The van der Waals surface area contributed by atoms with Crippen LogP contribution in [0, 0.1) is 0 Å². The van der Waals surface area contributed by atoms with E-state index in [4.69, 9.17) is 13.9 Å². The first kappa shape index (κ1) is 21.8. The number of esters is 1. The van der Waals surface area contributed by atoms with E-state index in [0.717, 1.165) is 6.07 Å². The molecule has 8 nitrogen and oxygen atoms in total. The summed E-state index contributed by atoms with van der Waals surface area (Å²) in [7, 11) is 0. The molecule has 0 aliphatic rings. The lowest BCUT2D eigenvalue weighted by molar-refractivity contribution is -0.0505. The monoisotopic (exact) mass is 433 g/mol. The number of rotatable bonds is 7. The summed E-state index contributed by atoms with van der Waals surface area (Å²) in [5, 5.41) is 2.94. The van der Waals surface area contributed by atoms with Crippen molar-refractivity contribution in [2.75, 3.05) is 11.9 Å². The number of amides is 1. The Morgan fingerprint density at radius 2 is 1.87 bits per heavy atom. The predicted octanol–water partition coefficient (Wildman–Crippen LogP) is 4.32. The Hall–Kier alpha value is -3.95. The van der Waals surface area contributed by atoms with Crippen molar-refractivity contribution < 1.29 is 37.0 Å². The number of para-hydroxylation sites is 1. The number of halogens is 2. The van der Waals surface area contributed by atoms with Crippen LogP contribution in [0.2, 0.25) is 0 Å². The summed E-state index contributed by atoms with van der Waals surface area (Å²) in [6, 6.07) is 11.1. The van der Waals surface area contributed by atoms with Gasteiger partial charge in [-0.2, -0.15) is 8.78 Å².